The van der Waals surface area contributed by atoms with Crippen LogP contribution >= 0.6 is 0 Å². The van der Waals surface area contributed by atoms with E-state index in [2.05, 4.69) is 6.92 Å². The summed E-state index contributed by atoms with van der Waals surface area (Å²) < 4.78 is 0. The van der Waals surface area contributed by atoms with E-state index in [4.69, 9.17) is 5.11 Å². The van der Waals surface area contributed by atoms with Gasteiger partial charge in [-0.05, 0) is 12.8 Å². The zero-order valence-electron chi connectivity index (χ0n) is 9.05. The first kappa shape index (κ1) is 14.7. The molecule has 0 radical (unpaired) electrons. The van der Waals surface area contributed by atoms with Crippen molar-refractivity contribution in [1.82, 2.24) is 0 Å². The molecule has 0 aliphatic rings. The molecular weight excluding hydrogens is 163 g/mol. The van der Waals surface area contributed by atoms with E-state index in [9.17, 15) is 4.79 Å². The molecule has 0 unspecified atom stereocenters. The second-order valence-electron chi connectivity index (χ2n) is 2.59. The van der Waals surface area contributed by atoms with Crippen molar-refractivity contribution in [1.29, 1.82) is 0 Å². The second kappa shape index (κ2) is 11.2. The minimum absolute atomic E-state index is 0. The Morgan fingerprint density at radius 3 is 2.58 bits per heavy atom. The molecule has 0 aromatic carbocycles. The Hall–Kier alpha value is 0.210. The molecule has 0 bridgehead atoms. The topological polar surface area (TPSA) is 37.3 Å². The molecule has 0 aromatic heterocycles. The number of aliphatic carboxylic acids is 1. The van der Waals surface area contributed by atoms with Crippen LogP contribution in [-0.2, 0) is 4.79 Å². The van der Waals surface area contributed by atoms with Gasteiger partial charge >= 0.3 is 35.5 Å². The van der Waals surface area contributed by atoms with Crippen LogP contribution in [0.25, 0.3) is 0 Å². The summed E-state index contributed by atoms with van der Waals surface area (Å²) >= 11 is 0. The first-order valence-corrected chi connectivity index (χ1v) is 4.17. The van der Waals surface area contributed by atoms with Gasteiger partial charge in [-0.1, -0.05) is 32.3 Å². The quantitative estimate of drug-likeness (QED) is 0.346. The van der Waals surface area contributed by atoms with Crippen LogP contribution in [0.1, 0.15) is 40.5 Å². The SMILES string of the molecule is CCCCCCC=CC(=O)O.[H-].[Na+]. The van der Waals surface area contributed by atoms with E-state index in [-0.39, 0.29) is 31.0 Å². The van der Waals surface area contributed by atoms with Crippen molar-refractivity contribution in [3.05, 3.63) is 12.2 Å². The van der Waals surface area contributed by atoms with Crippen molar-refractivity contribution in [2.75, 3.05) is 0 Å². The number of hydrogen-bond donors (Lipinski definition) is 1. The number of unbranched alkanes of at least 4 members (excludes halogenated alkanes) is 4. The third-order valence-corrected chi connectivity index (χ3v) is 1.48. The minimum atomic E-state index is -0.847. The van der Waals surface area contributed by atoms with Gasteiger partial charge in [0.25, 0.3) is 0 Å². The molecule has 0 amide bonds. The average molecular weight is 180 g/mol. The number of carbonyl (C=O) groups is 1. The number of rotatable bonds is 6. The van der Waals surface area contributed by atoms with Crippen LogP contribution in [0.5, 0.6) is 0 Å². The van der Waals surface area contributed by atoms with Crippen LogP contribution in [-0.4, -0.2) is 11.1 Å². The van der Waals surface area contributed by atoms with Gasteiger partial charge in [-0.3, -0.25) is 0 Å². The molecule has 66 valence electrons. The number of allylic oxidation sites excluding steroid dienone is 1. The molecule has 0 aromatic rings. The van der Waals surface area contributed by atoms with Crippen LogP contribution in [0.3, 0.4) is 0 Å². The van der Waals surface area contributed by atoms with Gasteiger partial charge in [0.2, 0.25) is 0 Å². The van der Waals surface area contributed by atoms with E-state index in [0.717, 1.165) is 12.8 Å². The van der Waals surface area contributed by atoms with E-state index >= 15 is 0 Å². The first-order valence-electron chi connectivity index (χ1n) is 4.17. The molecule has 3 heteroatoms. The summed E-state index contributed by atoms with van der Waals surface area (Å²) in [6.45, 7) is 2.16. The van der Waals surface area contributed by atoms with Gasteiger partial charge in [-0.2, -0.15) is 0 Å². The molecule has 0 spiro atoms. The molecule has 0 aliphatic heterocycles. The molecule has 0 fully saturated rings. The van der Waals surface area contributed by atoms with Gasteiger partial charge in [0, 0.05) is 6.08 Å². The van der Waals surface area contributed by atoms with Crippen molar-refractivity contribution in [2.45, 2.75) is 39.0 Å². The molecule has 2 nitrogen and oxygen atoms in total. The van der Waals surface area contributed by atoms with E-state index in [0.29, 0.717) is 0 Å². The fourth-order valence-corrected chi connectivity index (χ4v) is 0.873. The van der Waals surface area contributed by atoms with Gasteiger partial charge in [-0.15, -0.1) is 0 Å². The van der Waals surface area contributed by atoms with E-state index in [1.807, 2.05) is 0 Å². The standard InChI is InChI=1S/C9H16O2.Na.H/c1-2-3-4-5-6-7-8-9(10)11;;/h7-8H,2-6H2,1H3,(H,10,11);;/q;+1;-1. The largest absolute Gasteiger partial charge is 1.00 e. The smallest absolute Gasteiger partial charge is 1.00 e. The molecule has 0 saturated heterocycles. The Kier molecular flexibility index (Phi) is 13.7. The molecule has 1 N–H and O–H groups in total. The fraction of sp³-hybridized carbons (Fsp3) is 0.667. The normalized spacial score (nSPS) is 9.75. The van der Waals surface area contributed by atoms with E-state index in [1.54, 1.807) is 6.08 Å². The predicted octanol–water partition coefficient (Wildman–Crippen LogP) is -0.286. The zero-order chi connectivity index (χ0) is 8.53. The molecule has 0 aliphatic carbocycles. The second-order valence-corrected chi connectivity index (χ2v) is 2.59. The van der Waals surface area contributed by atoms with Crippen LogP contribution < -0.4 is 29.6 Å². The Balaban J connectivity index is -0.000000500. The molecule has 12 heavy (non-hydrogen) atoms. The summed E-state index contributed by atoms with van der Waals surface area (Å²) in [5.41, 5.74) is 0. The third-order valence-electron chi connectivity index (χ3n) is 1.48. The minimum Gasteiger partial charge on any atom is -1.00 e. The number of hydrogen-bond acceptors (Lipinski definition) is 1. The Labute approximate surface area is 97.8 Å². The maximum Gasteiger partial charge on any atom is 1.00 e. The van der Waals surface area contributed by atoms with E-state index < -0.39 is 5.97 Å². The molecule has 0 rings (SSSR count). The van der Waals surface area contributed by atoms with Crippen LogP contribution in [0, 0.1) is 0 Å². The number of carboxylic acids is 1. The van der Waals surface area contributed by atoms with Crippen LogP contribution in [0.4, 0.5) is 0 Å². The maximum absolute atomic E-state index is 10.0. The summed E-state index contributed by atoms with van der Waals surface area (Å²) in [6, 6.07) is 0. The van der Waals surface area contributed by atoms with Gasteiger partial charge < -0.3 is 6.53 Å². The third kappa shape index (κ3) is 12.8. The summed E-state index contributed by atoms with van der Waals surface area (Å²) in [5, 5.41) is 8.23. The van der Waals surface area contributed by atoms with Crippen molar-refractivity contribution in [3.63, 3.8) is 0 Å². The van der Waals surface area contributed by atoms with Crippen LogP contribution in [0.2, 0.25) is 0 Å². The monoisotopic (exact) mass is 180 g/mol. The zero-order valence-corrected chi connectivity index (χ0v) is 10.0. The number of carboxylic acid groups (broad SMARTS) is 1. The predicted molar refractivity (Wildman–Crippen MR) is 46.6 cm³/mol. The fourth-order valence-electron chi connectivity index (χ4n) is 0.873. The summed E-state index contributed by atoms with van der Waals surface area (Å²) in [7, 11) is 0. The maximum atomic E-state index is 10.0. The molecular formula is C9H17NaO2. The molecule has 0 atom stereocenters. The van der Waals surface area contributed by atoms with Crippen molar-refractivity contribution < 1.29 is 40.9 Å². The summed E-state index contributed by atoms with van der Waals surface area (Å²) in [4.78, 5) is 10.0. The van der Waals surface area contributed by atoms with E-state index in [1.165, 1.54) is 25.3 Å². The van der Waals surface area contributed by atoms with Crippen molar-refractivity contribution in [2.24, 2.45) is 0 Å². The van der Waals surface area contributed by atoms with Gasteiger partial charge in [-0.25, -0.2) is 4.79 Å². The van der Waals surface area contributed by atoms with Crippen molar-refractivity contribution in [3.8, 4) is 0 Å². The van der Waals surface area contributed by atoms with Gasteiger partial charge in [0.15, 0.2) is 0 Å². The molecule has 0 saturated carbocycles. The Morgan fingerprint density at radius 2 is 2.08 bits per heavy atom. The summed E-state index contributed by atoms with van der Waals surface area (Å²) in [5.74, 6) is -0.847. The Morgan fingerprint density at radius 1 is 1.42 bits per heavy atom. The Bertz CT molecular complexity index is 138. The van der Waals surface area contributed by atoms with Crippen molar-refractivity contribution >= 4 is 5.97 Å². The molecule has 0 heterocycles. The first-order chi connectivity index (χ1) is 5.27. The van der Waals surface area contributed by atoms with Gasteiger partial charge in [0.1, 0.15) is 0 Å². The van der Waals surface area contributed by atoms with Crippen LogP contribution in [0.15, 0.2) is 12.2 Å². The summed E-state index contributed by atoms with van der Waals surface area (Å²) in [6.07, 6.45) is 8.62. The average Bonchev–Trinajstić information content (AvgIpc) is 1.96. The van der Waals surface area contributed by atoms with Gasteiger partial charge in [0.05, 0.1) is 0 Å².